The first-order chi connectivity index (χ1) is 7.73. The molecule has 0 spiro atoms. The number of thiocarbonyl (C=S) groups is 1. The number of hydrogen-bond donors (Lipinski definition) is 2. The van der Waals surface area contributed by atoms with E-state index in [0.717, 1.165) is 0 Å². The van der Waals surface area contributed by atoms with Crippen LogP contribution in [0.5, 0.6) is 0 Å². The molecule has 0 aromatic rings. The fraction of sp³-hybridized carbons (Fsp3) is 0. The summed E-state index contributed by atoms with van der Waals surface area (Å²) in [6.45, 7) is 0. The van der Waals surface area contributed by atoms with Crippen LogP contribution in [0.3, 0.4) is 0 Å². The van der Waals surface area contributed by atoms with Crippen molar-refractivity contribution in [3.8, 4) is 0 Å². The quantitative estimate of drug-likeness (QED) is 0.160. The van der Waals surface area contributed by atoms with Gasteiger partial charge in [-0.25, -0.2) is 0 Å². The molecule has 0 aromatic carbocycles. The van der Waals surface area contributed by atoms with E-state index in [9.17, 15) is 0 Å². The smallest absolute Gasteiger partial charge is 0.759 e. The molecule has 4 N–H and O–H groups in total. The maximum Gasteiger partial charge on any atom is 3.00 e. The summed E-state index contributed by atoms with van der Waals surface area (Å²) in [5, 5.41) is 0.000000000000000222. The molecule has 20 heteroatoms. The Morgan fingerprint density at radius 1 is 0.619 bits per heavy atom. The van der Waals surface area contributed by atoms with E-state index in [1.807, 2.05) is 0 Å². The molecule has 0 saturated carbocycles. The van der Waals surface area contributed by atoms with Crippen molar-refractivity contribution in [3.63, 3.8) is 0 Å². The van der Waals surface area contributed by atoms with E-state index in [1.165, 1.54) is 0 Å². The van der Waals surface area contributed by atoms with Gasteiger partial charge < -0.3 is 38.8 Å². The Balaban J connectivity index is -0.0000000347. The van der Waals surface area contributed by atoms with E-state index in [-0.39, 0.29) is 39.8 Å². The van der Waals surface area contributed by atoms with Gasteiger partial charge in [-0.1, -0.05) is 0 Å². The van der Waals surface area contributed by atoms with Gasteiger partial charge in [-0.05, 0) is 12.2 Å². The summed E-state index contributed by atoms with van der Waals surface area (Å²) in [6.07, 6.45) is 0. The zero-order valence-corrected chi connectivity index (χ0v) is 14.9. The van der Waals surface area contributed by atoms with Gasteiger partial charge in [0, 0.05) is 31.2 Å². The van der Waals surface area contributed by atoms with E-state index in [2.05, 4.69) is 23.7 Å². The summed E-state index contributed by atoms with van der Waals surface area (Å²) >= 11 is 4.09. The Labute approximate surface area is 146 Å². The van der Waals surface area contributed by atoms with Gasteiger partial charge in [0.15, 0.2) is 5.11 Å². The molecule has 0 saturated heterocycles. The number of rotatable bonds is 0. The number of nitrogens with two attached hydrogens (primary N) is 2. The van der Waals surface area contributed by atoms with Crippen molar-refractivity contribution in [1.82, 2.24) is 0 Å². The maximum atomic E-state index is 8.52. The van der Waals surface area contributed by atoms with Gasteiger partial charge in [-0.15, -0.1) is 0 Å². The minimum atomic E-state index is -5.17. The maximum absolute atomic E-state index is 8.52. The summed E-state index contributed by atoms with van der Waals surface area (Å²) in [6, 6.07) is 0. The van der Waals surface area contributed by atoms with Crippen molar-refractivity contribution >= 4 is 83.2 Å². The van der Waals surface area contributed by atoms with E-state index < -0.39 is 31.2 Å². The Morgan fingerprint density at radius 2 is 0.619 bits per heavy atom. The third kappa shape index (κ3) is 51600. The molecule has 14 nitrogen and oxygen atoms in total. The molecular weight excluding hydrogens is 414 g/mol. The largest absolute Gasteiger partial charge is 3.00 e. The van der Waals surface area contributed by atoms with Gasteiger partial charge >= 0.3 is 34.7 Å². The van der Waals surface area contributed by atoms with Gasteiger partial charge in [0.2, 0.25) is 0 Å². The molecule has 0 atom stereocenters. The van der Waals surface area contributed by atoms with Crippen LogP contribution in [-0.2, 0) is 31.2 Å². The Kier molecular flexibility index (Phi) is 29.9. The molecule has 0 fully saturated rings. The summed E-state index contributed by atoms with van der Waals surface area (Å²) in [5.41, 5.74) is 9.24. The zero-order chi connectivity index (χ0) is 17.1. The summed E-state index contributed by atoms with van der Waals surface area (Å²) in [5.74, 6) is 0. The molecule has 120 valence electrons. The van der Waals surface area contributed by atoms with Crippen LogP contribution in [0.15, 0.2) is 0 Å². The third-order valence-electron chi connectivity index (χ3n) is 0. The SMILES string of the molecule is NC(N)=S.O=S(=O)([O-])[O-].O=S(=O)([O-])[O-].O=S(=O)([O-])[O-].[Al+3].[Al+3]. The minimum absolute atomic E-state index is 0. The van der Waals surface area contributed by atoms with Crippen LogP contribution in [0, 0.1) is 0 Å². The van der Waals surface area contributed by atoms with Crippen LogP contribution >= 0.6 is 12.2 Å². The van der Waals surface area contributed by atoms with Crippen molar-refractivity contribution in [2.24, 2.45) is 11.5 Å². The molecule has 0 bridgehead atoms. The predicted molar refractivity (Wildman–Crippen MR) is 63.9 cm³/mol. The van der Waals surface area contributed by atoms with E-state index in [1.54, 1.807) is 0 Å². The average molecular weight is 418 g/mol. The average Bonchev–Trinajstić information content (AvgIpc) is 1.66. The first-order valence-electron chi connectivity index (χ1n) is 2.78. The standard InChI is InChI=1S/CH4N2S.2Al.3H2O4S/c2-1(3)4;;;3*1-5(2,3)4/h(H4,2,3,4);;;3*(H2,1,2,3,4)/q;2*+3;;;/p-6. The molecule has 0 aliphatic heterocycles. The molecule has 0 radical (unpaired) electrons. The van der Waals surface area contributed by atoms with Crippen molar-refractivity contribution in [2.45, 2.75) is 0 Å². The monoisotopic (exact) mass is 418 g/mol. The molecule has 0 amide bonds. The minimum Gasteiger partial charge on any atom is -0.759 e. The summed E-state index contributed by atoms with van der Waals surface area (Å²) in [7, 11) is -15.5. The summed E-state index contributed by atoms with van der Waals surface area (Å²) < 4.78 is 102. The second-order valence-corrected chi connectivity index (χ2v) is 4.55. The number of hydrogen-bond acceptors (Lipinski definition) is 13. The van der Waals surface area contributed by atoms with Crippen molar-refractivity contribution in [2.75, 3.05) is 0 Å². The molecule has 0 aliphatic carbocycles. The van der Waals surface area contributed by atoms with E-state index in [0.29, 0.717) is 0 Å². The molecule has 0 aromatic heterocycles. The topological polar surface area (TPSA) is 293 Å². The fourth-order valence-electron chi connectivity index (χ4n) is 0. The van der Waals surface area contributed by atoms with Gasteiger partial charge in [0.25, 0.3) is 0 Å². The Hall–Kier alpha value is 0.365. The second kappa shape index (κ2) is 16.7. The molecule has 21 heavy (non-hydrogen) atoms. The fourth-order valence-corrected chi connectivity index (χ4v) is 0. The van der Waals surface area contributed by atoms with Crippen LogP contribution < -0.4 is 11.5 Å². The van der Waals surface area contributed by atoms with Crippen LogP contribution in [-0.4, -0.2) is 92.4 Å². The van der Waals surface area contributed by atoms with Gasteiger partial charge in [0.1, 0.15) is 0 Å². The van der Waals surface area contributed by atoms with Gasteiger partial charge in [0.05, 0.1) is 0 Å². The van der Waals surface area contributed by atoms with Crippen LogP contribution in [0.4, 0.5) is 0 Å². The molecule has 0 unspecified atom stereocenters. The first-order valence-corrected chi connectivity index (χ1v) is 7.19. The summed E-state index contributed by atoms with van der Waals surface area (Å²) in [4.78, 5) is 0. The van der Waals surface area contributed by atoms with Gasteiger partial charge in [-0.3, -0.25) is 25.3 Å². The van der Waals surface area contributed by atoms with Crippen molar-refractivity contribution < 1.29 is 52.6 Å². The predicted octanol–water partition coefficient (Wildman–Crippen LogP) is -5.59. The van der Waals surface area contributed by atoms with Crippen molar-refractivity contribution in [3.05, 3.63) is 0 Å². The third-order valence-corrected chi connectivity index (χ3v) is 0. The second-order valence-electron chi connectivity index (χ2n) is 1.63. The molecule has 0 aliphatic rings. The molecule has 0 heterocycles. The Bertz CT molecular complexity index is 434. The molecule has 0 rings (SSSR count). The van der Waals surface area contributed by atoms with Crippen molar-refractivity contribution in [1.29, 1.82) is 0 Å². The normalized spacial score (nSPS) is 9.43. The van der Waals surface area contributed by atoms with Crippen LogP contribution in [0.2, 0.25) is 0 Å². The first kappa shape index (κ1) is 37.5. The van der Waals surface area contributed by atoms with Crippen LogP contribution in [0.1, 0.15) is 0 Å². The molecular formula is CH4Al2N2O12S4. The van der Waals surface area contributed by atoms with E-state index >= 15 is 0 Å². The van der Waals surface area contributed by atoms with Gasteiger partial charge in [-0.2, -0.15) is 0 Å². The van der Waals surface area contributed by atoms with E-state index in [4.69, 9.17) is 52.6 Å². The van der Waals surface area contributed by atoms with Crippen LogP contribution in [0.25, 0.3) is 0 Å². The zero-order valence-electron chi connectivity index (χ0n) is 9.34. The Morgan fingerprint density at radius 3 is 0.619 bits per heavy atom.